The fourth-order valence-electron chi connectivity index (χ4n) is 0.807. The normalized spacial score (nSPS) is 18.1. The van der Waals surface area contributed by atoms with Gasteiger partial charge in [0.1, 0.15) is 23.6 Å². The van der Waals surface area contributed by atoms with Crippen molar-refractivity contribution in [3.63, 3.8) is 0 Å². The summed E-state index contributed by atoms with van der Waals surface area (Å²) in [6, 6.07) is 0. The Balaban J connectivity index is 4.59. The van der Waals surface area contributed by atoms with Crippen molar-refractivity contribution in [3.05, 3.63) is 10.4 Å². The lowest BCUT2D eigenvalue weighted by atomic mass is 10.0. The van der Waals surface area contributed by atoms with E-state index in [4.69, 9.17) is 20.9 Å². The number of hydrogen-bond donors (Lipinski definition) is 4. The molecule has 9 nitrogen and oxygen atoms in total. The Hall–Kier alpha value is -1.38. The van der Waals surface area contributed by atoms with Crippen LogP contribution in [0.1, 0.15) is 0 Å². The van der Waals surface area contributed by atoms with E-state index in [0.717, 1.165) is 0 Å². The van der Waals surface area contributed by atoms with Crippen molar-refractivity contribution in [2.45, 2.75) is 24.4 Å². The smallest absolute Gasteiger partial charge is 0.168 e. The molecule has 0 spiro atoms. The summed E-state index contributed by atoms with van der Waals surface area (Å²) in [5.41, 5.74) is 7.92. The molecule has 0 aliphatic rings. The van der Waals surface area contributed by atoms with E-state index >= 15 is 0 Å². The molecule has 4 N–H and O–H groups in total. The quantitative estimate of drug-likeness (QED) is 0.126. The van der Waals surface area contributed by atoms with Crippen molar-refractivity contribution in [2.24, 2.45) is 5.28 Å². The number of carbonyl (C=O) groups is 1. The van der Waals surface area contributed by atoms with Crippen molar-refractivity contribution in [1.82, 2.24) is 0 Å². The van der Waals surface area contributed by atoms with E-state index in [9.17, 15) is 9.90 Å². The van der Waals surface area contributed by atoms with Gasteiger partial charge in [0.2, 0.25) is 0 Å². The monoisotopic (exact) mass is 221 g/mol. The summed E-state index contributed by atoms with van der Waals surface area (Å²) in [5, 5.41) is 38.4. The van der Waals surface area contributed by atoms with Gasteiger partial charge in [-0.15, -0.1) is 0 Å². The Kier molecular flexibility index (Phi) is 6.34. The Morgan fingerprint density at radius 2 is 2.07 bits per heavy atom. The van der Waals surface area contributed by atoms with Crippen LogP contribution in [0, 0.1) is 0 Å². The molecule has 0 saturated carbocycles. The lowest BCUT2D eigenvalue weighted by molar-refractivity contribution is -0.150. The third kappa shape index (κ3) is 4.11. The van der Waals surface area contributed by atoms with Crippen LogP contribution in [0.5, 0.6) is 0 Å². The number of azide groups is 1. The van der Waals surface area contributed by atoms with Crippen LogP contribution in [0.15, 0.2) is 5.28 Å². The van der Waals surface area contributed by atoms with E-state index in [1.807, 2.05) is 0 Å². The molecule has 0 aromatic heterocycles. The molecule has 0 bridgehead atoms. The average molecular weight is 221 g/mol. The summed E-state index contributed by atoms with van der Waals surface area (Å²) in [7, 11) is 0. The lowest BCUT2D eigenvalue weighted by Gasteiger charge is -2.25. The van der Waals surface area contributed by atoms with Gasteiger partial charge in [-0.3, -0.25) is 0 Å². The molecule has 0 radical (unpaired) electrons. The topological polar surface area (TPSA) is 156 Å². The summed E-state index contributed by atoms with van der Waals surface area (Å²) in [4.78, 5) is 16.6. The van der Waals surface area contributed by atoms with Gasteiger partial charge < -0.3 is 30.1 Å². The van der Waals surface area contributed by atoms with Crippen LogP contribution in [0.4, 0.5) is 0 Å². The third-order valence-corrected chi connectivity index (χ3v) is 1.60. The first-order valence-corrected chi connectivity index (χ1v) is 3.89. The minimum atomic E-state index is -1.79. The van der Waals surface area contributed by atoms with Crippen molar-refractivity contribution in [3.8, 4) is 0 Å². The molecule has 0 aromatic rings. The fraction of sp³-hybridized carbons (Fsp3) is 0.833. The first kappa shape index (κ1) is 13.6. The molecule has 0 aliphatic carbocycles. The summed E-state index contributed by atoms with van der Waals surface area (Å²) in [6.07, 6.45) is -6.78. The molecule has 0 saturated heterocycles. The number of aliphatic hydroxyl groups is 4. The predicted molar refractivity (Wildman–Crippen MR) is 45.2 cm³/mol. The molecule has 86 valence electrons. The Labute approximate surface area is 84.1 Å². The lowest BCUT2D eigenvalue weighted by Crippen LogP contribution is -2.47. The van der Waals surface area contributed by atoms with Crippen LogP contribution < -0.4 is 0 Å². The zero-order valence-corrected chi connectivity index (χ0v) is 7.54. The van der Waals surface area contributed by atoms with Gasteiger partial charge in [-0.2, -0.15) is 0 Å². The highest BCUT2D eigenvalue weighted by molar-refractivity contribution is 5.56. The van der Waals surface area contributed by atoms with E-state index in [2.05, 4.69) is 15.0 Å². The van der Waals surface area contributed by atoms with Gasteiger partial charge in [0, 0.05) is 4.91 Å². The van der Waals surface area contributed by atoms with Crippen LogP contribution in [0.3, 0.4) is 0 Å². The molecule has 0 aromatic carbocycles. The summed E-state index contributed by atoms with van der Waals surface area (Å²) >= 11 is 0. The van der Waals surface area contributed by atoms with Crippen molar-refractivity contribution >= 4 is 6.29 Å². The second-order valence-corrected chi connectivity index (χ2v) is 2.61. The van der Waals surface area contributed by atoms with Crippen LogP contribution in [0.2, 0.25) is 0 Å². The van der Waals surface area contributed by atoms with Crippen LogP contribution >= 0.6 is 0 Å². The molecule has 0 unspecified atom stereocenters. The van der Waals surface area contributed by atoms with E-state index < -0.39 is 31.0 Å². The highest BCUT2D eigenvalue weighted by atomic mass is 16.7. The number of aldehydes is 1. The van der Waals surface area contributed by atoms with Crippen molar-refractivity contribution in [2.75, 3.05) is 6.61 Å². The molecule has 0 fully saturated rings. The molecule has 0 aliphatic heterocycles. The van der Waals surface area contributed by atoms with Gasteiger partial charge in [0.25, 0.3) is 0 Å². The largest absolute Gasteiger partial charge is 0.424 e. The summed E-state index contributed by atoms with van der Waals surface area (Å²) in [6.45, 7) is -0.803. The Bertz CT molecular complexity index is 243. The maximum Gasteiger partial charge on any atom is 0.168 e. The van der Waals surface area contributed by atoms with Crippen molar-refractivity contribution < 1.29 is 30.1 Å². The van der Waals surface area contributed by atoms with Gasteiger partial charge in [0.05, 0.1) is 6.61 Å². The number of aliphatic hydroxyl groups excluding tert-OH is 4. The fourth-order valence-corrected chi connectivity index (χ4v) is 0.807. The maximum absolute atomic E-state index is 10.2. The minimum Gasteiger partial charge on any atom is -0.424 e. The molecule has 15 heavy (non-hydrogen) atoms. The molecule has 0 heterocycles. The number of carbonyl (C=O) groups excluding carboxylic acids is 1. The number of hydrogen-bond acceptors (Lipinski definition) is 7. The average Bonchev–Trinajstić information content (AvgIpc) is 2.27. The Morgan fingerprint density at radius 3 is 2.47 bits per heavy atom. The second kappa shape index (κ2) is 6.98. The van der Waals surface area contributed by atoms with Crippen LogP contribution in [-0.2, 0) is 9.63 Å². The molecule has 0 amide bonds. The van der Waals surface area contributed by atoms with Gasteiger partial charge >= 0.3 is 0 Å². The van der Waals surface area contributed by atoms with Gasteiger partial charge in [-0.25, -0.2) is 0 Å². The minimum absolute atomic E-state index is 0.0326. The van der Waals surface area contributed by atoms with E-state index in [-0.39, 0.29) is 6.29 Å². The van der Waals surface area contributed by atoms with Gasteiger partial charge in [-0.05, 0) is 5.53 Å². The number of rotatable bonds is 7. The predicted octanol–water partition coefficient (Wildman–Crippen LogP) is -2.13. The van der Waals surface area contributed by atoms with Crippen LogP contribution in [0.25, 0.3) is 10.4 Å². The molecular weight excluding hydrogens is 210 g/mol. The van der Waals surface area contributed by atoms with E-state index in [1.165, 1.54) is 0 Å². The van der Waals surface area contributed by atoms with Gasteiger partial charge in [-0.1, -0.05) is 0 Å². The SMILES string of the molecule is [N-]=[N+]=NO[C@@H]([C@@H](O)[C@H](O)CO)[C@@H](O)C=O. The summed E-state index contributed by atoms with van der Waals surface area (Å²) < 4.78 is 0. The standard InChI is InChI=1S/C6H11N3O6/c7-8-9-15-6(4(13)2-11)5(14)3(12)1-10/h2-6,10,12-14H,1H2/t3-,4+,5+,6-/m1/s1. The highest BCUT2D eigenvalue weighted by Crippen LogP contribution is 2.09. The summed E-state index contributed by atoms with van der Waals surface area (Å²) in [5.74, 6) is 0. The van der Waals surface area contributed by atoms with Gasteiger partial charge in [0.15, 0.2) is 12.4 Å². The van der Waals surface area contributed by atoms with Crippen LogP contribution in [-0.4, -0.2) is 57.7 Å². The molecule has 4 atom stereocenters. The zero-order chi connectivity index (χ0) is 11.8. The highest BCUT2D eigenvalue weighted by Gasteiger charge is 2.33. The molecule has 0 rings (SSSR count). The number of nitrogens with zero attached hydrogens (tertiary/aromatic N) is 3. The maximum atomic E-state index is 10.2. The first-order valence-electron chi connectivity index (χ1n) is 3.89. The second-order valence-electron chi connectivity index (χ2n) is 2.61. The Morgan fingerprint density at radius 1 is 1.47 bits per heavy atom. The van der Waals surface area contributed by atoms with E-state index in [1.54, 1.807) is 0 Å². The zero-order valence-electron chi connectivity index (χ0n) is 7.54. The van der Waals surface area contributed by atoms with E-state index in [0.29, 0.717) is 0 Å². The molecular formula is C6H11N3O6. The first-order chi connectivity index (χ1) is 7.08. The molecule has 9 heteroatoms. The van der Waals surface area contributed by atoms with Crippen molar-refractivity contribution in [1.29, 1.82) is 0 Å². The third-order valence-electron chi connectivity index (χ3n) is 1.60.